The summed E-state index contributed by atoms with van der Waals surface area (Å²) in [5, 5.41) is 0. The lowest BCUT2D eigenvalue weighted by atomic mass is 10.8. The van der Waals surface area contributed by atoms with Crippen molar-refractivity contribution in [3.8, 4) is 0 Å². The van der Waals surface area contributed by atoms with Crippen LogP contribution in [0, 0.1) is 5.75 Å². The molecule has 0 bridgehead atoms. The highest BCUT2D eigenvalue weighted by atomic mass is 32.1. The molecule has 0 N–H and O–H groups in total. The Balaban J connectivity index is 2.30. The van der Waals surface area contributed by atoms with Crippen LogP contribution in [0.25, 0.3) is 0 Å². The summed E-state index contributed by atoms with van der Waals surface area (Å²) >= 11 is 3.68. The van der Waals surface area contributed by atoms with E-state index in [1.807, 2.05) is 0 Å². The van der Waals surface area contributed by atoms with Crippen molar-refractivity contribution in [1.82, 2.24) is 0 Å². The fraction of sp³-hybridized carbons (Fsp3) is 0. The zero-order chi connectivity index (χ0) is 3.41. The second-order valence-corrected chi connectivity index (χ2v) is 0.683. The molecule has 0 rings (SSSR count). The molecule has 0 aromatic rings. The number of hydrogen-bond donors (Lipinski definition) is 1. The Labute approximate surface area is 31.9 Å². The fourth-order valence-electron chi connectivity index (χ4n) is 0. The third-order valence-corrected chi connectivity index (χ3v) is 0.316. The van der Waals surface area contributed by atoms with E-state index in [2.05, 4.69) is 19.2 Å². The first-order chi connectivity index (χ1) is 1.91. The molecule has 0 aliphatic rings. The summed E-state index contributed by atoms with van der Waals surface area (Å²) in [6.07, 6.45) is 1.61. The summed E-state index contributed by atoms with van der Waals surface area (Å²) in [5.74, 6) is 1.58. The van der Waals surface area contributed by atoms with Gasteiger partial charge in [0.25, 0.3) is 0 Å². The summed E-state index contributed by atoms with van der Waals surface area (Å²) < 4.78 is 0. The Bertz CT molecular complexity index is 17.2. The molecule has 0 heterocycles. The quantitative estimate of drug-likeness (QED) is 0.350. The first-order valence-corrected chi connectivity index (χ1v) is 1.52. The topological polar surface area (TPSA) is 0 Å². The highest BCUT2D eigenvalue weighted by Crippen LogP contribution is 1.76. The lowest BCUT2D eigenvalue weighted by Gasteiger charge is -1.72. The Kier molecular flexibility index (Phi) is 2.93. The minimum Gasteiger partial charge on any atom is -0.253 e. The van der Waals surface area contributed by atoms with Gasteiger partial charge in [-0.15, -0.1) is 0 Å². The van der Waals surface area contributed by atoms with Crippen molar-refractivity contribution in [2.45, 2.75) is 0 Å². The van der Waals surface area contributed by atoms with Gasteiger partial charge in [-0.1, -0.05) is 0 Å². The van der Waals surface area contributed by atoms with Crippen LogP contribution in [0.5, 0.6) is 0 Å². The number of thiol groups is 1. The van der Waals surface area contributed by atoms with Crippen molar-refractivity contribution in [3.63, 3.8) is 0 Å². The van der Waals surface area contributed by atoms with Crippen LogP contribution in [-0.2, 0) is 0 Å². The third-order valence-electron chi connectivity index (χ3n) is 0.105. The van der Waals surface area contributed by atoms with Crippen LogP contribution >= 0.6 is 12.6 Å². The van der Waals surface area contributed by atoms with Crippen molar-refractivity contribution in [2.75, 3.05) is 0 Å². The molecule has 0 fully saturated rings. The largest absolute Gasteiger partial charge is 0.253 e. The van der Waals surface area contributed by atoms with E-state index in [-0.39, 0.29) is 0 Å². The van der Waals surface area contributed by atoms with Crippen LogP contribution in [0.15, 0.2) is 12.7 Å². The number of rotatable bonds is 1. The van der Waals surface area contributed by atoms with Gasteiger partial charge in [0.2, 0.25) is 0 Å². The van der Waals surface area contributed by atoms with Crippen LogP contribution in [0.1, 0.15) is 0 Å². The van der Waals surface area contributed by atoms with Crippen molar-refractivity contribution >= 4 is 12.6 Å². The Morgan fingerprint density at radius 2 is 2.25 bits per heavy atom. The van der Waals surface area contributed by atoms with E-state index < -0.39 is 0 Å². The molecule has 4 heavy (non-hydrogen) atoms. The molecule has 1 heteroatoms. The van der Waals surface area contributed by atoms with E-state index in [4.69, 9.17) is 0 Å². The van der Waals surface area contributed by atoms with E-state index in [0.717, 1.165) is 0 Å². The van der Waals surface area contributed by atoms with E-state index in [1.54, 1.807) is 11.8 Å². The van der Waals surface area contributed by atoms with Crippen LogP contribution in [0.4, 0.5) is 0 Å². The smallest absolute Gasteiger partial charge is 0.180 e. The first kappa shape index (κ1) is 3.96. The van der Waals surface area contributed by atoms with E-state index in [9.17, 15) is 0 Å². The maximum Gasteiger partial charge on any atom is -0.180 e. The lowest BCUT2D eigenvalue weighted by Crippen LogP contribution is -1.31. The minimum atomic E-state index is 1.58. The Hall–Kier alpha value is -0.0400. The Morgan fingerprint density at radius 3 is 2.25 bits per heavy atom. The zero-order valence-electron chi connectivity index (χ0n) is 2.31. The summed E-state index contributed by atoms with van der Waals surface area (Å²) in [4.78, 5) is 0. The summed E-state index contributed by atoms with van der Waals surface area (Å²) in [7, 11) is 0. The molecule has 24 valence electrons. The van der Waals surface area contributed by atoms with Gasteiger partial charge >= 0.3 is 0 Å². The van der Waals surface area contributed by atoms with E-state index in [0.29, 0.717) is 0 Å². The molecule has 0 amide bonds. The molecular weight excluding hydrogens is 68.1 g/mol. The van der Waals surface area contributed by atoms with Crippen molar-refractivity contribution in [1.29, 1.82) is 0 Å². The highest BCUT2D eigenvalue weighted by molar-refractivity contribution is 7.82. The summed E-state index contributed by atoms with van der Waals surface area (Å²) in [6.45, 7) is 3.35. The lowest BCUT2D eigenvalue weighted by molar-refractivity contribution is 2.11. The van der Waals surface area contributed by atoms with Crippen LogP contribution in [-0.4, -0.2) is 0 Å². The molecule has 0 saturated carbocycles. The molecule has 0 saturated heterocycles. The molecule has 0 aromatic heterocycles. The van der Waals surface area contributed by atoms with Gasteiger partial charge in [-0.25, -0.2) is 12.7 Å². The molecule has 0 aliphatic carbocycles. The molecule has 0 aliphatic heterocycles. The predicted octanol–water partition coefficient (Wildman–Crippen LogP) is 1.26. The van der Waals surface area contributed by atoms with Gasteiger partial charge < -0.3 is 0 Å². The number of hydrogen-bond acceptors (Lipinski definition) is 1. The highest BCUT2D eigenvalue weighted by Gasteiger charge is 1.30. The molecular formula is C3H5S-. The molecule has 0 unspecified atom stereocenters. The van der Waals surface area contributed by atoms with Crippen LogP contribution < -0.4 is 0 Å². The van der Waals surface area contributed by atoms with E-state index >= 15 is 0 Å². The van der Waals surface area contributed by atoms with Gasteiger partial charge in [-0.05, 0) is 0 Å². The molecule has 0 aromatic carbocycles. The first-order valence-electron chi connectivity index (χ1n) is 1.000. The van der Waals surface area contributed by atoms with Crippen molar-refractivity contribution < 1.29 is 0 Å². The fourth-order valence-corrected chi connectivity index (χ4v) is 0. The molecule has 0 spiro atoms. The van der Waals surface area contributed by atoms with Crippen molar-refractivity contribution in [2.24, 2.45) is 0 Å². The van der Waals surface area contributed by atoms with Gasteiger partial charge in [0.1, 0.15) is 0 Å². The van der Waals surface area contributed by atoms with Gasteiger partial charge in [0.15, 0.2) is 0 Å². The van der Waals surface area contributed by atoms with Gasteiger partial charge in [-0.2, -0.15) is 5.75 Å². The SMILES string of the molecule is C=C[CH-]S. The Morgan fingerprint density at radius 1 is 2.00 bits per heavy atom. The maximum atomic E-state index is 3.68. The van der Waals surface area contributed by atoms with E-state index in [1.165, 1.54) is 0 Å². The van der Waals surface area contributed by atoms with Gasteiger partial charge in [0.05, 0.1) is 0 Å². The van der Waals surface area contributed by atoms with Gasteiger partial charge in [-0.3, -0.25) is 12.6 Å². The zero-order valence-corrected chi connectivity index (χ0v) is 3.20. The maximum absolute atomic E-state index is 3.68. The van der Waals surface area contributed by atoms with Crippen LogP contribution in [0.3, 0.4) is 0 Å². The third kappa shape index (κ3) is 1.96. The molecule has 0 atom stereocenters. The average molecular weight is 73.1 g/mol. The normalized spacial score (nSPS) is 5.25. The van der Waals surface area contributed by atoms with Crippen molar-refractivity contribution in [3.05, 3.63) is 18.4 Å². The minimum absolute atomic E-state index is 1.58. The standard InChI is InChI=1S/C3H5S/c1-2-3-4/h2-4H,1H2/q-1. The summed E-state index contributed by atoms with van der Waals surface area (Å²) in [5.41, 5.74) is 0. The molecule has 0 nitrogen and oxygen atoms in total. The molecule has 0 radical (unpaired) electrons. The summed E-state index contributed by atoms with van der Waals surface area (Å²) in [6, 6.07) is 0. The second kappa shape index (κ2) is 2.96. The van der Waals surface area contributed by atoms with Gasteiger partial charge in [0, 0.05) is 0 Å². The second-order valence-electron chi connectivity index (χ2n) is 0.385. The predicted molar refractivity (Wildman–Crippen MR) is 23.5 cm³/mol. The van der Waals surface area contributed by atoms with Crippen LogP contribution in [0.2, 0.25) is 0 Å². The average Bonchev–Trinajstić information content (AvgIpc) is 1.37. The monoisotopic (exact) mass is 73.0 g/mol.